The summed E-state index contributed by atoms with van der Waals surface area (Å²) in [7, 11) is 0. The van der Waals surface area contributed by atoms with Crippen LogP contribution >= 0.6 is 0 Å². The summed E-state index contributed by atoms with van der Waals surface area (Å²) in [4.78, 5) is 10.6. The molecule has 0 N–H and O–H groups in total. The van der Waals surface area contributed by atoms with Gasteiger partial charge in [-0.25, -0.2) is 0 Å². The van der Waals surface area contributed by atoms with E-state index < -0.39 is 0 Å². The van der Waals surface area contributed by atoms with Crippen LogP contribution in [-0.4, -0.2) is 6.29 Å². The maximum Gasteiger partial charge on any atom is 2.00 e. The van der Waals surface area contributed by atoms with Crippen molar-refractivity contribution in [3.05, 3.63) is 63.2 Å². The summed E-state index contributed by atoms with van der Waals surface area (Å²) in [5, 5.41) is 0. The van der Waals surface area contributed by atoms with Crippen LogP contribution in [0.2, 0.25) is 0 Å². The van der Waals surface area contributed by atoms with Crippen molar-refractivity contribution >= 4 is 6.29 Å². The van der Waals surface area contributed by atoms with Crippen molar-refractivity contribution in [3.8, 4) is 11.8 Å². The van der Waals surface area contributed by atoms with E-state index in [1.807, 2.05) is 44.9 Å². The quantitative estimate of drug-likeness (QED) is 0.336. The predicted molar refractivity (Wildman–Crippen MR) is 78.9 cm³/mol. The SMILES string of the molecule is CCCCCC#C[C]1[CH][CH][CH][C]1C=O.[CH]1[CH][CH][CH][CH]1.[Fe+2]. The Bertz CT molecular complexity index is 278. The maximum absolute atomic E-state index is 10.6. The molecule has 20 heavy (non-hydrogen) atoms. The number of carbonyl (C=O) groups is 1. The van der Waals surface area contributed by atoms with Gasteiger partial charge in [0.1, 0.15) is 6.29 Å². The Morgan fingerprint density at radius 2 is 1.65 bits per heavy atom. The van der Waals surface area contributed by atoms with Gasteiger partial charge in [0.2, 0.25) is 0 Å². The van der Waals surface area contributed by atoms with Gasteiger partial charge in [0.15, 0.2) is 0 Å². The molecule has 2 fully saturated rings. The fraction of sp³-hybridized carbons (Fsp3) is 0.278. The molecule has 0 spiro atoms. The van der Waals surface area contributed by atoms with Crippen molar-refractivity contribution in [2.45, 2.75) is 32.6 Å². The van der Waals surface area contributed by atoms with Gasteiger partial charge in [-0.05, 0) is 57.8 Å². The standard InChI is InChI=1S/C13H15O.C5H5.Fe/c1-2-3-4-5-6-8-12-9-7-10-13(12)11-14;1-2-4-5-3-1;/h7,9-11H,2-5H2,1H3;1-5H;/q;;+2. The van der Waals surface area contributed by atoms with Crippen molar-refractivity contribution in [2.24, 2.45) is 0 Å². The van der Waals surface area contributed by atoms with Gasteiger partial charge in [-0.15, -0.1) is 5.92 Å². The molecule has 2 saturated carbocycles. The predicted octanol–water partition coefficient (Wildman–Crippen LogP) is 3.56. The van der Waals surface area contributed by atoms with E-state index in [4.69, 9.17) is 0 Å². The molecule has 0 aromatic heterocycles. The van der Waals surface area contributed by atoms with Gasteiger partial charge in [0.25, 0.3) is 0 Å². The second-order valence-corrected chi connectivity index (χ2v) is 4.23. The van der Waals surface area contributed by atoms with Crippen molar-refractivity contribution in [3.63, 3.8) is 0 Å². The van der Waals surface area contributed by atoms with Gasteiger partial charge < -0.3 is 4.79 Å². The van der Waals surface area contributed by atoms with Crippen LogP contribution < -0.4 is 0 Å². The average Bonchev–Trinajstić information content (AvgIpc) is 3.12. The molecule has 0 atom stereocenters. The fourth-order valence-corrected chi connectivity index (χ4v) is 1.59. The third kappa shape index (κ3) is 8.83. The molecule has 0 unspecified atom stereocenters. The van der Waals surface area contributed by atoms with Crippen LogP contribution in [0.5, 0.6) is 0 Å². The molecule has 0 aromatic carbocycles. The number of hydrogen-bond acceptors (Lipinski definition) is 1. The minimum Gasteiger partial charge on any atom is -0.303 e. The summed E-state index contributed by atoms with van der Waals surface area (Å²) in [5.41, 5.74) is 0. The van der Waals surface area contributed by atoms with E-state index >= 15 is 0 Å². The summed E-state index contributed by atoms with van der Waals surface area (Å²) in [6.45, 7) is 2.18. The van der Waals surface area contributed by atoms with E-state index in [0.717, 1.165) is 25.0 Å². The van der Waals surface area contributed by atoms with Gasteiger partial charge in [-0.2, -0.15) is 0 Å². The molecule has 104 valence electrons. The Morgan fingerprint density at radius 1 is 1.00 bits per heavy atom. The zero-order valence-electron chi connectivity index (χ0n) is 11.8. The molecule has 0 saturated heterocycles. The molecule has 10 radical (unpaired) electrons. The topological polar surface area (TPSA) is 17.1 Å². The normalized spacial score (nSPS) is 18.4. The van der Waals surface area contributed by atoms with Crippen LogP contribution in [0.1, 0.15) is 32.6 Å². The summed E-state index contributed by atoms with van der Waals surface area (Å²) in [5.74, 6) is 7.67. The summed E-state index contributed by atoms with van der Waals surface area (Å²) in [6, 6.07) is 0. The zero-order valence-corrected chi connectivity index (χ0v) is 12.9. The Morgan fingerprint density at radius 3 is 2.20 bits per heavy atom. The minimum atomic E-state index is 0. The monoisotopic (exact) mass is 308 g/mol. The Labute approximate surface area is 136 Å². The Balaban J connectivity index is 0.000000507. The minimum absolute atomic E-state index is 0. The van der Waals surface area contributed by atoms with Crippen molar-refractivity contribution in [2.75, 3.05) is 0 Å². The van der Waals surface area contributed by atoms with Gasteiger partial charge in [0, 0.05) is 6.42 Å². The first-order chi connectivity index (χ1) is 9.38. The first-order valence-corrected chi connectivity index (χ1v) is 6.75. The molecule has 2 aliphatic rings. The zero-order chi connectivity index (χ0) is 13.8. The van der Waals surface area contributed by atoms with Gasteiger partial charge in [-0.1, -0.05) is 25.7 Å². The van der Waals surface area contributed by atoms with Crippen molar-refractivity contribution < 1.29 is 21.9 Å². The molecule has 2 heteroatoms. The van der Waals surface area contributed by atoms with E-state index in [1.165, 1.54) is 12.8 Å². The molecule has 0 heterocycles. The largest absolute Gasteiger partial charge is 2.00 e. The summed E-state index contributed by atoms with van der Waals surface area (Å²) >= 11 is 0. The summed E-state index contributed by atoms with van der Waals surface area (Å²) < 4.78 is 0. The molecule has 0 aliphatic heterocycles. The third-order valence-corrected chi connectivity index (χ3v) is 2.66. The van der Waals surface area contributed by atoms with Crippen LogP contribution in [0.15, 0.2) is 0 Å². The molecule has 2 rings (SSSR count). The van der Waals surface area contributed by atoms with Gasteiger partial charge >= 0.3 is 17.1 Å². The number of carbonyl (C=O) groups excluding carboxylic acids is 1. The molecule has 1 nitrogen and oxygen atoms in total. The van der Waals surface area contributed by atoms with Crippen LogP contribution in [0.4, 0.5) is 0 Å². The summed E-state index contributed by atoms with van der Waals surface area (Å²) in [6.07, 6.45) is 20.9. The van der Waals surface area contributed by atoms with E-state index in [9.17, 15) is 4.79 Å². The first-order valence-electron chi connectivity index (χ1n) is 6.75. The smallest absolute Gasteiger partial charge is 0.303 e. The van der Waals surface area contributed by atoms with Crippen LogP contribution in [0.3, 0.4) is 0 Å². The third-order valence-electron chi connectivity index (χ3n) is 2.66. The number of unbranched alkanes of at least 4 members (excludes halogenated alkanes) is 3. The van der Waals surface area contributed by atoms with Crippen LogP contribution in [-0.2, 0) is 21.9 Å². The Kier molecular flexibility index (Phi) is 13.5. The van der Waals surface area contributed by atoms with E-state index in [2.05, 4.69) is 18.8 Å². The second kappa shape index (κ2) is 13.7. The molecular weight excluding hydrogens is 288 g/mol. The molecular formula is C18H20FeO+2. The van der Waals surface area contributed by atoms with Crippen LogP contribution in [0.25, 0.3) is 0 Å². The fourth-order valence-electron chi connectivity index (χ4n) is 1.59. The number of hydrogen-bond donors (Lipinski definition) is 0. The van der Waals surface area contributed by atoms with Gasteiger partial charge in [0.05, 0.1) is 11.8 Å². The molecule has 0 bridgehead atoms. The second-order valence-electron chi connectivity index (χ2n) is 4.23. The Hall–Kier alpha value is -0.251. The van der Waals surface area contributed by atoms with Gasteiger partial charge in [-0.3, -0.25) is 0 Å². The maximum atomic E-state index is 10.6. The van der Waals surface area contributed by atoms with E-state index in [-0.39, 0.29) is 17.1 Å². The number of rotatable bonds is 4. The molecule has 2 aliphatic carbocycles. The van der Waals surface area contributed by atoms with Crippen LogP contribution in [0, 0.1) is 75.0 Å². The first kappa shape index (κ1) is 19.7. The average molecular weight is 308 g/mol. The van der Waals surface area contributed by atoms with E-state index in [1.54, 1.807) is 6.42 Å². The number of aldehydes is 1. The molecule has 0 aromatic rings. The van der Waals surface area contributed by atoms with E-state index in [0.29, 0.717) is 5.92 Å². The van der Waals surface area contributed by atoms with Crippen molar-refractivity contribution in [1.29, 1.82) is 0 Å². The van der Waals surface area contributed by atoms with Crippen molar-refractivity contribution in [1.82, 2.24) is 0 Å². The molecule has 0 amide bonds.